The summed E-state index contributed by atoms with van der Waals surface area (Å²) >= 11 is 0. The van der Waals surface area contributed by atoms with Gasteiger partial charge in [0, 0.05) is 0 Å². The molecule has 0 unspecified atom stereocenters. The summed E-state index contributed by atoms with van der Waals surface area (Å²) in [5.74, 6) is 0.0379. The molecule has 0 heterocycles. The highest BCUT2D eigenvalue weighted by molar-refractivity contribution is 5.74. The van der Waals surface area contributed by atoms with Crippen LogP contribution in [0.1, 0.15) is 11.1 Å². The molecule has 0 aliphatic carbocycles. The van der Waals surface area contributed by atoms with Crippen molar-refractivity contribution in [3.8, 4) is 11.5 Å². The smallest absolute Gasteiger partial charge is 0.349 e. The van der Waals surface area contributed by atoms with Gasteiger partial charge in [-0.3, -0.25) is 0 Å². The van der Waals surface area contributed by atoms with Gasteiger partial charge in [0.1, 0.15) is 17.3 Å². The molecule has 0 aromatic heterocycles. The maximum Gasteiger partial charge on any atom is 0.349 e. The molecule has 2 aromatic carbocycles. The predicted molar refractivity (Wildman–Crippen MR) is 73.4 cm³/mol. The van der Waals surface area contributed by atoms with Gasteiger partial charge < -0.3 is 9.47 Å². The molecule has 0 bridgehead atoms. The van der Waals surface area contributed by atoms with Crippen LogP contribution in [-0.2, 0) is 4.79 Å². The van der Waals surface area contributed by atoms with Gasteiger partial charge in [-0.25, -0.2) is 9.18 Å². The molecular weight excluding hydrogens is 259 g/mol. The molecule has 0 aliphatic heterocycles. The van der Waals surface area contributed by atoms with E-state index in [0.717, 1.165) is 11.1 Å². The number of rotatable bonds is 4. The van der Waals surface area contributed by atoms with Crippen LogP contribution in [0.5, 0.6) is 11.5 Å². The first-order chi connectivity index (χ1) is 9.54. The van der Waals surface area contributed by atoms with E-state index >= 15 is 0 Å². The summed E-state index contributed by atoms with van der Waals surface area (Å²) in [6.45, 7) is 3.66. The van der Waals surface area contributed by atoms with Crippen LogP contribution in [0.2, 0.25) is 0 Å². The van der Waals surface area contributed by atoms with Crippen LogP contribution in [0.4, 0.5) is 4.39 Å². The number of halogens is 1. The van der Waals surface area contributed by atoms with E-state index in [1.165, 1.54) is 24.3 Å². The van der Waals surface area contributed by atoms with Crippen molar-refractivity contribution in [1.82, 2.24) is 0 Å². The minimum atomic E-state index is -0.530. The first-order valence-corrected chi connectivity index (χ1v) is 6.21. The Balaban J connectivity index is 1.92. The molecule has 0 amide bonds. The van der Waals surface area contributed by atoms with E-state index in [4.69, 9.17) is 9.47 Å². The van der Waals surface area contributed by atoms with E-state index in [9.17, 15) is 9.18 Å². The van der Waals surface area contributed by atoms with Gasteiger partial charge in [0.05, 0.1) is 0 Å². The average molecular weight is 274 g/mol. The van der Waals surface area contributed by atoms with E-state index in [-0.39, 0.29) is 12.4 Å². The molecule has 0 aliphatic rings. The second-order valence-electron chi connectivity index (χ2n) is 4.49. The Hall–Kier alpha value is -2.36. The van der Waals surface area contributed by atoms with Crippen molar-refractivity contribution in [3.63, 3.8) is 0 Å². The Kier molecular flexibility index (Phi) is 4.35. The number of carbonyl (C=O) groups is 1. The van der Waals surface area contributed by atoms with Gasteiger partial charge in [-0.1, -0.05) is 12.1 Å². The highest BCUT2D eigenvalue weighted by atomic mass is 19.1. The lowest BCUT2D eigenvalue weighted by Gasteiger charge is -2.09. The molecule has 0 saturated heterocycles. The Morgan fingerprint density at radius 3 is 2.50 bits per heavy atom. The molecule has 2 aromatic rings. The van der Waals surface area contributed by atoms with Gasteiger partial charge in [-0.15, -0.1) is 0 Å². The number of aryl methyl sites for hydroxylation is 2. The van der Waals surface area contributed by atoms with Gasteiger partial charge in [0.2, 0.25) is 0 Å². The number of ether oxygens (including phenoxy) is 2. The fourth-order valence-electron chi connectivity index (χ4n) is 1.66. The SMILES string of the molecule is Cc1ccc(C)c(OCC(=O)Oc2ccc(F)cc2)c1. The number of hydrogen-bond acceptors (Lipinski definition) is 3. The lowest BCUT2D eigenvalue weighted by atomic mass is 10.1. The molecular formula is C16H15FO3. The van der Waals surface area contributed by atoms with Crippen LogP contribution in [0.15, 0.2) is 42.5 Å². The Morgan fingerprint density at radius 2 is 1.80 bits per heavy atom. The van der Waals surface area contributed by atoms with Crippen molar-refractivity contribution in [3.05, 3.63) is 59.4 Å². The van der Waals surface area contributed by atoms with E-state index < -0.39 is 5.97 Å². The number of hydrogen-bond donors (Lipinski definition) is 0. The van der Waals surface area contributed by atoms with Crippen LogP contribution in [-0.4, -0.2) is 12.6 Å². The second kappa shape index (κ2) is 6.19. The summed E-state index contributed by atoms with van der Waals surface area (Å²) in [4.78, 5) is 11.6. The maximum atomic E-state index is 12.7. The van der Waals surface area contributed by atoms with Crippen LogP contribution in [0, 0.1) is 19.7 Å². The van der Waals surface area contributed by atoms with Gasteiger partial charge in [-0.2, -0.15) is 0 Å². The largest absolute Gasteiger partial charge is 0.482 e. The number of esters is 1. The zero-order chi connectivity index (χ0) is 14.5. The van der Waals surface area contributed by atoms with Gasteiger partial charge >= 0.3 is 5.97 Å². The standard InChI is InChI=1S/C16H15FO3/c1-11-3-4-12(2)15(9-11)19-10-16(18)20-14-7-5-13(17)6-8-14/h3-9H,10H2,1-2H3. The zero-order valence-electron chi connectivity index (χ0n) is 11.4. The Bertz CT molecular complexity index is 606. The fraction of sp³-hybridized carbons (Fsp3) is 0.188. The van der Waals surface area contributed by atoms with Crippen molar-refractivity contribution in [2.45, 2.75) is 13.8 Å². The Morgan fingerprint density at radius 1 is 1.10 bits per heavy atom. The third kappa shape index (κ3) is 3.82. The van der Waals surface area contributed by atoms with Crippen molar-refractivity contribution in [2.75, 3.05) is 6.61 Å². The van der Waals surface area contributed by atoms with Crippen molar-refractivity contribution in [2.24, 2.45) is 0 Å². The molecule has 3 nitrogen and oxygen atoms in total. The molecule has 0 atom stereocenters. The number of benzene rings is 2. The van der Waals surface area contributed by atoms with E-state index in [1.54, 1.807) is 0 Å². The molecule has 0 fully saturated rings. The van der Waals surface area contributed by atoms with E-state index in [0.29, 0.717) is 11.5 Å². The van der Waals surface area contributed by atoms with Crippen molar-refractivity contribution < 1.29 is 18.7 Å². The second-order valence-corrected chi connectivity index (χ2v) is 4.49. The summed E-state index contributed by atoms with van der Waals surface area (Å²) < 4.78 is 23.2. The normalized spacial score (nSPS) is 10.2. The topological polar surface area (TPSA) is 35.5 Å². The van der Waals surface area contributed by atoms with Crippen LogP contribution >= 0.6 is 0 Å². The van der Waals surface area contributed by atoms with Crippen LogP contribution in [0.25, 0.3) is 0 Å². The highest BCUT2D eigenvalue weighted by Gasteiger charge is 2.08. The average Bonchev–Trinajstić information content (AvgIpc) is 2.42. The van der Waals surface area contributed by atoms with Gasteiger partial charge in [0.25, 0.3) is 0 Å². The third-order valence-electron chi connectivity index (χ3n) is 2.73. The lowest BCUT2D eigenvalue weighted by molar-refractivity contribution is -0.136. The van der Waals surface area contributed by atoms with Gasteiger partial charge in [-0.05, 0) is 55.3 Å². The third-order valence-corrected chi connectivity index (χ3v) is 2.73. The molecule has 2 rings (SSSR count). The van der Waals surface area contributed by atoms with Crippen LogP contribution < -0.4 is 9.47 Å². The first kappa shape index (κ1) is 14.1. The summed E-state index contributed by atoms with van der Waals surface area (Å²) in [6, 6.07) is 11.0. The molecule has 20 heavy (non-hydrogen) atoms. The van der Waals surface area contributed by atoms with E-state index in [1.807, 2.05) is 32.0 Å². The molecule has 0 N–H and O–H groups in total. The molecule has 104 valence electrons. The molecule has 4 heteroatoms. The molecule has 0 radical (unpaired) electrons. The van der Waals surface area contributed by atoms with Crippen molar-refractivity contribution in [1.29, 1.82) is 0 Å². The lowest BCUT2D eigenvalue weighted by Crippen LogP contribution is -2.18. The predicted octanol–water partition coefficient (Wildman–Crippen LogP) is 3.43. The highest BCUT2D eigenvalue weighted by Crippen LogP contribution is 2.19. The quantitative estimate of drug-likeness (QED) is 0.633. The maximum absolute atomic E-state index is 12.7. The van der Waals surface area contributed by atoms with Gasteiger partial charge in [0.15, 0.2) is 6.61 Å². The summed E-state index contributed by atoms with van der Waals surface area (Å²) in [5.41, 5.74) is 2.00. The van der Waals surface area contributed by atoms with Crippen LogP contribution in [0.3, 0.4) is 0 Å². The van der Waals surface area contributed by atoms with E-state index in [2.05, 4.69) is 0 Å². The summed E-state index contributed by atoms with van der Waals surface area (Å²) in [7, 11) is 0. The minimum Gasteiger partial charge on any atom is -0.482 e. The summed E-state index contributed by atoms with van der Waals surface area (Å²) in [5, 5.41) is 0. The summed E-state index contributed by atoms with van der Waals surface area (Å²) in [6.07, 6.45) is 0. The molecule has 0 saturated carbocycles. The fourth-order valence-corrected chi connectivity index (χ4v) is 1.66. The minimum absolute atomic E-state index is 0.193. The monoisotopic (exact) mass is 274 g/mol. The zero-order valence-corrected chi connectivity index (χ0v) is 11.4. The first-order valence-electron chi connectivity index (χ1n) is 6.21. The Labute approximate surface area is 117 Å². The number of carbonyl (C=O) groups excluding carboxylic acids is 1. The van der Waals surface area contributed by atoms with Crippen molar-refractivity contribution >= 4 is 5.97 Å². The molecule has 0 spiro atoms.